The van der Waals surface area contributed by atoms with Gasteiger partial charge in [0.15, 0.2) is 0 Å². The van der Waals surface area contributed by atoms with Crippen LogP contribution < -0.4 is 4.90 Å². The Balaban J connectivity index is 2.84. The van der Waals surface area contributed by atoms with Gasteiger partial charge in [-0.3, -0.25) is 0 Å². The van der Waals surface area contributed by atoms with Crippen molar-refractivity contribution in [2.24, 2.45) is 0 Å². The van der Waals surface area contributed by atoms with Gasteiger partial charge in [-0.05, 0) is 26.0 Å². The van der Waals surface area contributed by atoms with Crippen molar-refractivity contribution >= 4 is 5.69 Å². The van der Waals surface area contributed by atoms with Crippen molar-refractivity contribution < 1.29 is 0 Å². The predicted molar refractivity (Wildman–Crippen MR) is 57.8 cm³/mol. The molecule has 0 radical (unpaired) electrons. The highest BCUT2D eigenvalue weighted by Gasteiger charge is 2.07. The van der Waals surface area contributed by atoms with Gasteiger partial charge in [0.2, 0.25) is 0 Å². The summed E-state index contributed by atoms with van der Waals surface area (Å²) in [4.78, 5) is 2.19. The molecule has 0 atom stereocenters. The third kappa shape index (κ3) is 2.52. The summed E-state index contributed by atoms with van der Waals surface area (Å²) in [7, 11) is 0. The molecule has 1 aromatic carbocycles. The minimum absolute atomic E-state index is 0.443. The Morgan fingerprint density at radius 3 is 2.38 bits per heavy atom. The number of benzene rings is 1. The fourth-order valence-electron chi connectivity index (χ4n) is 1.29. The zero-order chi connectivity index (χ0) is 9.68. The van der Waals surface area contributed by atoms with E-state index in [4.69, 9.17) is 6.42 Å². The Morgan fingerprint density at radius 1 is 1.31 bits per heavy atom. The molecule has 0 saturated carbocycles. The summed E-state index contributed by atoms with van der Waals surface area (Å²) in [6.45, 7) is 4.95. The van der Waals surface area contributed by atoms with Gasteiger partial charge in [-0.25, -0.2) is 0 Å². The number of anilines is 1. The van der Waals surface area contributed by atoms with Crippen LogP contribution in [0.1, 0.15) is 13.8 Å². The predicted octanol–water partition coefficient (Wildman–Crippen LogP) is 2.53. The molecule has 0 heterocycles. The average Bonchev–Trinajstić information content (AvgIpc) is 2.15. The van der Waals surface area contributed by atoms with Crippen molar-refractivity contribution in [1.82, 2.24) is 0 Å². The van der Waals surface area contributed by atoms with Gasteiger partial charge in [-0.1, -0.05) is 24.1 Å². The van der Waals surface area contributed by atoms with Crippen molar-refractivity contribution in [3.05, 3.63) is 30.3 Å². The van der Waals surface area contributed by atoms with Gasteiger partial charge < -0.3 is 4.90 Å². The third-order valence-corrected chi connectivity index (χ3v) is 1.97. The molecular weight excluding hydrogens is 158 g/mol. The molecule has 0 spiro atoms. The van der Waals surface area contributed by atoms with Gasteiger partial charge in [0.1, 0.15) is 0 Å². The molecule has 0 amide bonds. The zero-order valence-electron chi connectivity index (χ0n) is 8.20. The summed E-state index contributed by atoms with van der Waals surface area (Å²) in [5, 5.41) is 0. The number of hydrogen-bond acceptors (Lipinski definition) is 1. The van der Waals surface area contributed by atoms with Crippen molar-refractivity contribution in [1.29, 1.82) is 0 Å². The first-order valence-electron chi connectivity index (χ1n) is 4.51. The lowest BCUT2D eigenvalue weighted by Gasteiger charge is -2.26. The van der Waals surface area contributed by atoms with E-state index in [1.165, 1.54) is 5.69 Å². The number of para-hydroxylation sites is 1. The molecule has 1 nitrogen and oxygen atoms in total. The van der Waals surface area contributed by atoms with Gasteiger partial charge in [-0.15, -0.1) is 6.42 Å². The number of terminal acetylenes is 1. The smallest absolute Gasteiger partial charge is 0.0794 e. The molecule has 68 valence electrons. The van der Waals surface area contributed by atoms with Crippen molar-refractivity contribution in [3.8, 4) is 12.3 Å². The van der Waals surface area contributed by atoms with Crippen LogP contribution in [0.15, 0.2) is 30.3 Å². The highest BCUT2D eigenvalue weighted by Crippen LogP contribution is 2.15. The summed E-state index contributed by atoms with van der Waals surface area (Å²) in [5.41, 5.74) is 1.19. The molecule has 1 heteroatoms. The van der Waals surface area contributed by atoms with Gasteiger partial charge in [0.25, 0.3) is 0 Å². The van der Waals surface area contributed by atoms with Crippen LogP contribution >= 0.6 is 0 Å². The quantitative estimate of drug-likeness (QED) is 0.635. The van der Waals surface area contributed by atoms with Crippen LogP contribution in [0.4, 0.5) is 5.69 Å². The highest BCUT2D eigenvalue weighted by molar-refractivity contribution is 5.47. The lowest BCUT2D eigenvalue weighted by Crippen LogP contribution is -2.30. The minimum Gasteiger partial charge on any atom is -0.358 e. The Labute approximate surface area is 80.4 Å². The number of nitrogens with zero attached hydrogens (tertiary/aromatic N) is 1. The lowest BCUT2D eigenvalue weighted by molar-refractivity contribution is 0.729. The van der Waals surface area contributed by atoms with E-state index in [2.05, 4.69) is 36.8 Å². The highest BCUT2D eigenvalue weighted by atomic mass is 15.1. The van der Waals surface area contributed by atoms with Crippen LogP contribution in [0.3, 0.4) is 0 Å². The summed E-state index contributed by atoms with van der Waals surface area (Å²) in [5.74, 6) is 2.67. The van der Waals surface area contributed by atoms with Crippen LogP contribution in [0.25, 0.3) is 0 Å². The molecule has 1 rings (SSSR count). The largest absolute Gasteiger partial charge is 0.358 e. The first-order valence-corrected chi connectivity index (χ1v) is 4.51. The lowest BCUT2D eigenvalue weighted by atomic mass is 10.2. The fraction of sp³-hybridized carbons (Fsp3) is 0.333. The summed E-state index contributed by atoms with van der Waals surface area (Å²) < 4.78 is 0. The molecule has 1 aromatic rings. The zero-order valence-corrected chi connectivity index (χ0v) is 8.20. The van der Waals surface area contributed by atoms with E-state index in [1.807, 2.05) is 18.2 Å². The van der Waals surface area contributed by atoms with Crippen molar-refractivity contribution in [3.63, 3.8) is 0 Å². The third-order valence-electron chi connectivity index (χ3n) is 1.97. The number of hydrogen-bond donors (Lipinski definition) is 0. The minimum atomic E-state index is 0.443. The van der Waals surface area contributed by atoms with E-state index < -0.39 is 0 Å². The molecule has 0 unspecified atom stereocenters. The molecule has 0 fully saturated rings. The molecule has 0 saturated heterocycles. The Morgan fingerprint density at radius 2 is 1.92 bits per heavy atom. The second-order valence-electron chi connectivity index (χ2n) is 3.26. The summed E-state index contributed by atoms with van der Waals surface area (Å²) >= 11 is 0. The molecule has 0 N–H and O–H groups in total. The van der Waals surface area contributed by atoms with Crippen LogP contribution in [-0.2, 0) is 0 Å². The van der Waals surface area contributed by atoms with Crippen LogP contribution in [0.2, 0.25) is 0 Å². The van der Waals surface area contributed by atoms with E-state index in [0.717, 1.165) is 0 Å². The van der Waals surface area contributed by atoms with Crippen LogP contribution in [0, 0.1) is 12.3 Å². The molecule has 0 aromatic heterocycles. The van der Waals surface area contributed by atoms with Crippen LogP contribution in [0.5, 0.6) is 0 Å². The van der Waals surface area contributed by atoms with Gasteiger partial charge in [-0.2, -0.15) is 0 Å². The van der Waals surface area contributed by atoms with E-state index in [9.17, 15) is 0 Å². The monoisotopic (exact) mass is 173 g/mol. The molecule has 0 aliphatic carbocycles. The van der Waals surface area contributed by atoms with Crippen molar-refractivity contribution in [2.45, 2.75) is 19.9 Å². The van der Waals surface area contributed by atoms with E-state index >= 15 is 0 Å². The molecular formula is C12H15N. The SMILES string of the molecule is C#CCN(c1ccccc1)C(C)C. The topological polar surface area (TPSA) is 3.24 Å². The summed E-state index contributed by atoms with van der Waals surface area (Å²) in [6.07, 6.45) is 5.31. The summed E-state index contributed by atoms with van der Waals surface area (Å²) in [6, 6.07) is 10.7. The first kappa shape index (κ1) is 9.67. The van der Waals surface area contributed by atoms with Gasteiger partial charge in [0.05, 0.1) is 6.54 Å². The van der Waals surface area contributed by atoms with Gasteiger partial charge in [0, 0.05) is 11.7 Å². The Kier molecular flexibility index (Phi) is 3.40. The first-order chi connectivity index (χ1) is 6.25. The standard InChI is InChI=1S/C12H15N/c1-4-10-13(11(2)3)12-8-6-5-7-9-12/h1,5-9,11H,10H2,2-3H3. The van der Waals surface area contributed by atoms with E-state index in [-0.39, 0.29) is 0 Å². The molecule has 0 aliphatic heterocycles. The normalized spacial score (nSPS) is 9.69. The maximum absolute atomic E-state index is 5.31. The molecule has 0 aliphatic rings. The van der Waals surface area contributed by atoms with Crippen molar-refractivity contribution in [2.75, 3.05) is 11.4 Å². The Bertz CT molecular complexity index is 282. The van der Waals surface area contributed by atoms with E-state index in [0.29, 0.717) is 12.6 Å². The molecule has 0 bridgehead atoms. The second kappa shape index (κ2) is 4.57. The van der Waals surface area contributed by atoms with E-state index in [1.54, 1.807) is 0 Å². The Hall–Kier alpha value is -1.42. The average molecular weight is 173 g/mol. The van der Waals surface area contributed by atoms with Crippen LogP contribution in [-0.4, -0.2) is 12.6 Å². The number of rotatable bonds is 3. The fourth-order valence-corrected chi connectivity index (χ4v) is 1.29. The van der Waals surface area contributed by atoms with Gasteiger partial charge >= 0.3 is 0 Å². The maximum Gasteiger partial charge on any atom is 0.0794 e. The molecule has 13 heavy (non-hydrogen) atoms. The second-order valence-corrected chi connectivity index (χ2v) is 3.26. The maximum atomic E-state index is 5.31.